The molecule has 1 aliphatic carbocycles. The van der Waals surface area contributed by atoms with Crippen molar-refractivity contribution in [2.75, 3.05) is 0 Å². The second-order valence-electron chi connectivity index (χ2n) is 7.57. The van der Waals surface area contributed by atoms with Gasteiger partial charge in [-0.05, 0) is 60.7 Å². The van der Waals surface area contributed by atoms with Crippen LogP contribution in [0.15, 0.2) is 48.7 Å². The topological polar surface area (TPSA) is 75.1 Å². The quantitative estimate of drug-likeness (QED) is 0.436. The van der Waals surface area contributed by atoms with Crippen molar-refractivity contribution >= 4 is 28.7 Å². The number of rotatable bonds is 6. The summed E-state index contributed by atoms with van der Waals surface area (Å²) in [6, 6.07) is 9.34. The highest BCUT2D eigenvalue weighted by Gasteiger charge is 2.33. The molecule has 5 nitrogen and oxygen atoms in total. The fourth-order valence-electron chi connectivity index (χ4n) is 3.79. The molecule has 176 valence electrons. The molecule has 2 heterocycles. The summed E-state index contributed by atoms with van der Waals surface area (Å²) in [6.45, 7) is -0.349. The van der Waals surface area contributed by atoms with Crippen LogP contribution in [0.2, 0.25) is 5.02 Å². The highest BCUT2D eigenvalue weighted by Crippen LogP contribution is 2.43. The highest BCUT2D eigenvalue weighted by molar-refractivity contribution is 6.31. The number of aromatic nitrogens is 2. The lowest BCUT2D eigenvalue weighted by molar-refractivity contribution is -0.255. The predicted octanol–water partition coefficient (Wildman–Crippen LogP) is 5.33. The number of allylic oxidation sites excluding steroid dienone is 2. The first-order valence-electron chi connectivity index (χ1n) is 10.2. The minimum atomic E-state index is -4.65. The van der Waals surface area contributed by atoms with Gasteiger partial charge in [-0.3, -0.25) is 0 Å². The molecule has 0 bridgehead atoms. The standard InChI is InChI=1S/C24H17ClF4N2O3/c25-18-6-2-7-19(26)17(18)12-34-22-16(10-13(11-30-22)24(27,28)29)14-4-1-5-15(14)20-8-3-9-21(31-20)23(32)33/h2-3,6-11H,1,4-5,12H2,(H,32,33)/p-1. The lowest BCUT2D eigenvalue weighted by Crippen LogP contribution is -2.23. The van der Waals surface area contributed by atoms with Gasteiger partial charge < -0.3 is 14.6 Å². The summed E-state index contributed by atoms with van der Waals surface area (Å²) < 4.78 is 60.2. The minimum Gasteiger partial charge on any atom is -0.543 e. The van der Waals surface area contributed by atoms with Crippen LogP contribution in [0.1, 0.15) is 52.1 Å². The van der Waals surface area contributed by atoms with Gasteiger partial charge in [-0.15, -0.1) is 0 Å². The Bertz CT molecular complexity index is 1270. The van der Waals surface area contributed by atoms with Gasteiger partial charge in [0.15, 0.2) is 0 Å². The number of hydrogen-bond donors (Lipinski definition) is 0. The summed E-state index contributed by atoms with van der Waals surface area (Å²) in [7, 11) is 0. The van der Waals surface area contributed by atoms with E-state index < -0.39 is 23.5 Å². The molecule has 0 radical (unpaired) electrons. The number of carboxylic acid groups (broad SMARTS) is 1. The second kappa shape index (κ2) is 9.42. The van der Waals surface area contributed by atoms with Crippen LogP contribution in [0.5, 0.6) is 5.88 Å². The summed E-state index contributed by atoms with van der Waals surface area (Å²) in [5.74, 6) is -2.21. The van der Waals surface area contributed by atoms with Crippen LogP contribution < -0.4 is 9.84 Å². The fraction of sp³-hybridized carbons (Fsp3) is 0.208. The van der Waals surface area contributed by atoms with Gasteiger partial charge in [0.25, 0.3) is 0 Å². The van der Waals surface area contributed by atoms with Crippen LogP contribution >= 0.6 is 11.6 Å². The van der Waals surface area contributed by atoms with Crippen molar-refractivity contribution in [2.24, 2.45) is 0 Å². The third-order valence-corrected chi connectivity index (χ3v) is 5.76. The SMILES string of the molecule is O=C([O-])c1cccc(C2=C(c3cc(C(F)(F)F)cnc3OCc3c(F)cccc3Cl)CCC2)n1. The number of ether oxygens (including phenoxy) is 1. The molecular weight excluding hydrogens is 476 g/mol. The molecule has 0 saturated carbocycles. The van der Waals surface area contributed by atoms with Crippen molar-refractivity contribution < 1.29 is 32.2 Å². The zero-order valence-corrected chi connectivity index (χ0v) is 18.2. The Morgan fingerprint density at radius 2 is 1.85 bits per heavy atom. The maximum absolute atomic E-state index is 14.2. The van der Waals surface area contributed by atoms with E-state index in [9.17, 15) is 27.5 Å². The molecule has 0 fully saturated rings. The van der Waals surface area contributed by atoms with E-state index in [1.807, 2.05) is 0 Å². The van der Waals surface area contributed by atoms with E-state index in [-0.39, 0.29) is 34.3 Å². The Hall–Kier alpha value is -3.46. The zero-order valence-electron chi connectivity index (χ0n) is 17.5. The number of carboxylic acids is 1. The molecule has 0 atom stereocenters. The molecular formula is C24H16ClF4N2O3-. The second-order valence-corrected chi connectivity index (χ2v) is 7.98. The Morgan fingerprint density at radius 1 is 1.12 bits per heavy atom. The van der Waals surface area contributed by atoms with E-state index in [1.165, 1.54) is 30.3 Å². The van der Waals surface area contributed by atoms with Gasteiger partial charge in [0.2, 0.25) is 5.88 Å². The third-order valence-electron chi connectivity index (χ3n) is 5.40. The van der Waals surface area contributed by atoms with Crippen molar-refractivity contribution in [3.8, 4) is 5.88 Å². The molecule has 0 N–H and O–H groups in total. The molecule has 0 unspecified atom stereocenters. The van der Waals surface area contributed by atoms with Crippen molar-refractivity contribution in [1.82, 2.24) is 9.97 Å². The molecule has 3 aromatic rings. The van der Waals surface area contributed by atoms with E-state index in [2.05, 4.69) is 9.97 Å². The molecule has 10 heteroatoms. The number of nitrogens with zero attached hydrogens (tertiary/aromatic N) is 2. The lowest BCUT2D eigenvalue weighted by Gasteiger charge is -2.16. The number of alkyl halides is 3. The van der Waals surface area contributed by atoms with Gasteiger partial charge in [0, 0.05) is 17.3 Å². The van der Waals surface area contributed by atoms with Crippen molar-refractivity contribution in [1.29, 1.82) is 0 Å². The maximum atomic E-state index is 14.2. The Balaban J connectivity index is 1.80. The normalized spacial score (nSPS) is 13.9. The summed E-state index contributed by atoms with van der Waals surface area (Å²) >= 11 is 6.03. The molecule has 0 amide bonds. The number of aromatic carboxylic acids is 1. The van der Waals surface area contributed by atoms with Crippen LogP contribution in [0.25, 0.3) is 11.1 Å². The van der Waals surface area contributed by atoms with Gasteiger partial charge in [-0.1, -0.05) is 23.7 Å². The number of pyridine rings is 2. The molecule has 0 saturated heterocycles. The van der Waals surface area contributed by atoms with E-state index >= 15 is 0 Å². The monoisotopic (exact) mass is 491 g/mol. The largest absolute Gasteiger partial charge is 0.543 e. The molecule has 0 aliphatic heterocycles. The van der Waals surface area contributed by atoms with Crippen molar-refractivity contribution in [3.63, 3.8) is 0 Å². The number of halogens is 5. The smallest absolute Gasteiger partial charge is 0.417 e. The van der Waals surface area contributed by atoms with Gasteiger partial charge in [-0.2, -0.15) is 13.2 Å². The van der Waals surface area contributed by atoms with Crippen LogP contribution in [-0.4, -0.2) is 15.9 Å². The molecule has 2 aromatic heterocycles. The Morgan fingerprint density at radius 3 is 2.56 bits per heavy atom. The van der Waals surface area contributed by atoms with Crippen LogP contribution in [0.3, 0.4) is 0 Å². The molecule has 4 rings (SSSR count). The van der Waals surface area contributed by atoms with Crippen molar-refractivity contribution in [3.05, 3.63) is 87.6 Å². The van der Waals surface area contributed by atoms with Crippen LogP contribution in [0, 0.1) is 5.82 Å². The van der Waals surface area contributed by atoms with Gasteiger partial charge in [0.1, 0.15) is 12.4 Å². The van der Waals surface area contributed by atoms with Crippen LogP contribution in [-0.2, 0) is 12.8 Å². The summed E-state index contributed by atoms with van der Waals surface area (Å²) in [6.07, 6.45) is -2.54. The summed E-state index contributed by atoms with van der Waals surface area (Å²) in [5, 5.41) is 11.3. The fourth-order valence-corrected chi connectivity index (χ4v) is 4.01. The average molecular weight is 492 g/mol. The minimum absolute atomic E-state index is 0.0424. The van der Waals surface area contributed by atoms with E-state index in [4.69, 9.17) is 16.3 Å². The van der Waals surface area contributed by atoms with Gasteiger partial charge >= 0.3 is 6.18 Å². The molecule has 34 heavy (non-hydrogen) atoms. The summed E-state index contributed by atoms with van der Waals surface area (Å²) in [5.41, 5.74) is 0.248. The number of carbonyl (C=O) groups is 1. The predicted molar refractivity (Wildman–Crippen MR) is 114 cm³/mol. The Labute approximate surface area is 196 Å². The third kappa shape index (κ3) is 4.89. The number of carbonyl (C=O) groups excluding carboxylic acids is 1. The number of benzene rings is 1. The molecule has 1 aliphatic rings. The first-order chi connectivity index (χ1) is 16.1. The van der Waals surface area contributed by atoms with E-state index in [0.29, 0.717) is 42.3 Å². The first-order valence-corrected chi connectivity index (χ1v) is 10.6. The zero-order chi connectivity index (χ0) is 24.5. The summed E-state index contributed by atoms with van der Waals surface area (Å²) in [4.78, 5) is 19.2. The Kier molecular flexibility index (Phi) is 6.56. The maximum Gasteiger partial charge on any atom is 0.417 e. The van der Waals surface area contributed by atoms with Gasteiger partial charge in [-0.25, -0.2) is 14.4 Å². The average Bonchev–Trinajstić information content (AvgIpc) is 3.28. The van der Waals surface area contributed by atoms with Crippen LogP contribution in [0.4, 0.5) is 17.6 Å². The van der Waals surface area contributed by atoms with Crippen molar-refractivity contribution in [2.45, 2.75) is 32.0 Å². The number of hydrogen-bond acceptors (Lipinski definition) is 5. The highest BCUT2D eigenvalue weighted by atomic mass is 35.5. The lowest BCUT2D eigenvalue weighted by atomic mass is 9.99. The first kappa shape index (κ1) is 23.7. The van der Waals surface area contributed by atoms with Gasteiger partial charge in [0.05, 0.1) is 27.9 Å². The molecule has 0 spiro atoms. The van der Waals surface area contributed by atoms with E-state index in [0.717, 1.165) is 6.07 Å². The molecule has 1 aromatic carbocycles. The van der Waals surface area contributed by atoms with E-state index in [1.54, 1.807) is 6.07 Å².